The summed E-state index contributed by atoms with van der Waals surface area (Å²) < 4.78 is 0.894. The van der Waals surface area contributed by atoms with Crippen molar-refractivity contribution in [2.45, 2.75) is 26.7 Å². The molecule has 1 aromatic rings. The molecule has 1 N–H and O–H groups in total. The van der Waals surface area contributed by atoms with Crippen molar-refractivity contribution in [3.8, 4) is 5.75 Å². The number of carbonyl (C=O) groups excluding carboxylic acids is 1. The average Bonchev–Trinajstić information content (AvgIpc) is 2.22. The van der Waals surface area contributed by atoms with Crippen LogP contribution in [0.4, 0.5) is 0 Å². The molecule has 14 heavy (non-hydrogen) atoms. The summed E-state index contributed by atoms with van der Waals surface area (Å²) in [6.07, 6.45) is 1.38. The molecule has 0 unspecified atom stereocenters. The van der Waals surface area contributed by atoms with Gasteiger partial charge in [-0.15, -0.1) is 0 Å². The first-order chi connectivity index (χ1) is 6.61. The lowest BCUT2D eigenvalue weighted by molar-refractivity contribution is -0.118. The minimum absolute atomic E-state index is 0.343. The van der Waals surface area contributed by atoms with Crippen molar-refractivity contribution < 1.29 is 9.90 Å². The number of carbonyl (C=O) groups is 1. The Balaban J connectivity index is 0.000000255. The summed E-state index contributed by atoms with van der Waals surface area (Å²) in [5, 5.41) is 8.91. The summed E-state index contributed by atoms with van der Waals surface area (Å²) in [5.74, 6) is 0.697. The van der Waals surface area contributed by atoms with Crippen molar-refractivity contribution >= 4 is 28.4 Å². The van der Waals surface area contributed by atoms with Crippen LogP contribution in [0.25, 0.3) is 0 Å². The van der Waals surface area contributed by atoms with Gasteiger partial charge in [0.2, 0.25) is 0 Å². The number of para-hydroxylation sites is 1. The van der Waals surface area contributed by atoms with Gasteiger partial charge in [0.15, 0.2) is 0 Å². The van der Waals surface area contributed by atoms with E-state index < -0.39 is 0 Å². The molecule has 0 saturated heterocycles. The van der Waals surface area contributed by atoms with Gasteiger partial charge in [-0.05, 0) is 34.7 Å². The Kier molecular flexibility index (Phi) is 7.47. The van der Waals surface area contributed by atoms with Gasteiger partial charge in [0.1, 0.15) is 11.5 Å². The molecule has 0 aliphatic heterocycles. The lowest BCUT2D eigenvalue weighted by Gasteiger charge is -1.90. The fourth-order valence-corrected chi connectivity index (χ4v) is 1.09. The maximum atomic E-state index is 10.2. The van der Waals surface area contributed by atoms with Gasteiger partial charge in [0.05, 0.1) is 3.57 Å². The first-order valence-electron chi connectivity index (χ1n) is 4.57. The second-order valence-electron chi connectivity index (χ2n) is 2.70. The van der Waals surface area contributed by atoms with Crippen LogP contribution in [-0.4, -0.2) is 10.9 Å². The van der Waals surface area contributed by atoms with Crippen molar-refractivity contribution in [2.75, 3.05) is 0 Å². The van der Waals surface area contributed by atoms with E-state index in [2.05, 4.69) is 22.6 Å². The number of rotatable bonds is 2. The Labute approximate surface area is 98.5 Å². The molecule has 1 aromatic carbocycles. The second kappa shape index (κ2) is 7.79. The molecule has 78 valence electrons. The molecule has 0 atom stereocenters. The van der Waals surface area contributed by atoms with Crippen LogP contribution in [0.3, 0.4) is 0 Å². The van der Waals surface area contributed by atoms with E-state index in [0.717, 1.165) is 3.57 Å². The molecule has 0 amide bonds. The summed E-state index contributed by atoms with van der Waals surface area (Å²) in [6, 6.07) is 7.22. The first kappa shape index (κ1) is 13.4. The predicted octanol–water partition coefficient (Wildman–Crippen LogP) is 3.37. The van der Waals surface area contributed by atoms with E-state index >= 15 is 0 Å². The van der Waals surface area contributed by atoms with E-state index in [9.17, 15) is 4.79 Å². The van der Waals surface area contributed by atoms with Crippen LogP contribution >= 0.6 is 22.6 Å². The van der Waals surface area contributed by atoms with E-state index in [-0.39, 0.29) is 0 Å². The van der Waals surface area contributed by atoms with Gasteiger partial charge in [-0.3, -0.25) is 4.79 Å². The van der Waals surface area contributed by atoms with E-state index in [1.165, 1.54) is 0 Å². The lowest BCUT2D eigenvalue weighted by atomic mass is 10.3. The third-order valence-corrected chi connectivity index (χ3v) is 2.55. The molecule has 0 aliphatic carbocycles. The zero-order chi connectivity index (χ0) is 11.0. The highest BCUT2D eigenvalue weighted by molar-refractivity contribution is 14.1. The van der Waals surface area contributed by atoms with Crippen LogP contribution in [0, 0.1) is 3.57 Å². The monoisotopic (exact) mass is 306 g/mol. The van der Waals surface area contributed by atoms with Gasteiger partial charge in [0, 0.05) is 12.8 Å². The Morgan fingerprint density at radius 1 is 1.29 bits per heavy atom. The molecule has 0 aliphatic rings. The number of benzene rings is 1. The number of halogens is 1. The van der Waals surface area contributed by atoms with Crippen molar-refractivity contribution in [1.29, 1.82) is 0 Å². The van der Waals surface area contributed by atoms with Gasteiger partial charge in [-0.25, -0.2) is 0 Å². The molecule has 0 spiro atoms. The first-order valence-corrected chi connectivity index (χ1v) is 5.64. The molecule has 0 radical (unpaired) electrons. The van der Waals surface area contributed by atoms with Crippen LogP contribution in [0.1, 0.15) is 26.7 Å². The van der Waals surface area contributed by atoms with Gasteiger partial charge < -0.3 is 5.11 Å². The van der Waals surface area contributed by atoms with Gasteiger partial charge in [-0.1, -0.05) is 26.0 Å². The molecule has 3 heteroatoms. The summed E-state index contributed by atoms with van der Waals surface area (Å²) in [5.41, 5.74) is 0. The van der Waals surface area contributed by atoms with E-state index in [4.69, 9.17) is 5.11 Å². The van der Waals surface area contributed by atoms with Gasteiger partial charge in [-0.2, -0.15) is 0 Å². The second-order valence-corrected chi connectivity index (χ2v) is 3.86. The van der Waals surface area contributed by atoms with Gasteiger partial charge >= 0.3 is 0 Å². The minimum atomic E-state index is 0.343. The molecular formula is C11H15IO2. The third-order valence-electron chi connectivity index (χ3n) is 1.64. The summed E-state index contributed by atoms with van der Waals surface area (Å²) in [4.78, 5) is 10.2. The summed E-state index contributed by atoms with van der Waals surface area (Å²) in [7, 11) is 0. The maximum Gasteiger partial charge on any atom is 0.132 e. The van der Waals surface area contributed by atoms with Crippen LogP contribution in [0.5, 0.6) is 5.75 Å². The SMILES string of the molecule is CCC(=O)CC.Oc1ccccc1I. The van der Waals surface area contributed by atoms with Crippen molar-refractivity contribution in [3.63, 3.8) is 0 Å². The summed E-state index contributed by atoms with van der Waals surface area (Å²) >= 11 is 2.07. The highest BCUT2D eigenvalue weighted by atomic mass is 127. The van der Waals surface area contributed by atoms with Crippen LogP contribution in [-0.2, 0) is 4.79 Å². The molecule has 2 nitrogen and oxygen atoms in total. The quantitative estimate of drug-likeness (QED) is 0.851. The fraction of sp³-hybridized carbons (Fsp3) is 0.364. The highest BCUT2D eigenvalue weighted by Crippen LogP contribution is 2.16. The smallest absolute Gasteiger partial charge is 0.132 e. The topological polar surface area (TPSA) is 37.3 Å². The number of aromatic hydroxyl groups is 1. The molecule has 0 heterocycles. The molecule has 0 aromatic heterocycles. The normalized spacial score (nSPS) is 8.79. The number of hydrogen-bond acceptors (Lipinski definition) is 2. The average molecular weight is 306 g/mol. The van der Waals surface area contributed by atoms with Crippen LogP contribution in [0.2, 0.25) is 0 Å². The standard InChI is InChI=1S/C6H5IO.C5H10O/c7-5-3-1-2-4-6(5)8;1-3-5(6)4-2/h1-4,8H;3-4H2,1-2H3. The Morgan fingerprint density at radius 2 is 1.79 bits per heavy atom. The fourth-order valence-electron chi connectivity index (χ4n) is 0.702. The van der Waals surface area contributed by atoms with Crippen LogP contribution < -0.4 is 0 Å². The molecule has 0 fully saturated rings. The maximum absolute atomic E-state index is 10.2. The minimum Gasteiger partial charge on any atom is -0.507 e. The number of phenolic OH excluding ortho intramolecular Hbond substituents is 1. The largest absolute Gasteiger partial charge is 0.507 e. The van der Waals surface area contributed by atoms with E-state index in [1.54, 1.807) is 12.1 Å². The van der Waals surface area contributed by atoms with E-state index in [0.29, 0.717) is 24.4 Å². The van der Waals surface area contributed by atoms with Gasteiger partial charge in [0.25, 0.3) is 0 Å². The van der Waals surface area contributed by atoms with Crippen molar-refractivity contribution in [1.82, 2.24) is 0 Å². The van der Waals surface area contributed by atoms with E-state index in [1.807, 2.05) is 26.0 Å². The van der Waals surface area contributed by atoms with Crippen LogP contribution in [0.15, 0.2) is 24.3 Å². The Morgan fingerprint density at radius 3 is 2.00 bits per heavy atom. The zero-order valence-corrected chi connectivity index (χ0v) is 10.6. The molecule has 0 bridgehead atoms. The summed E-state index contributed by atoms with van der Waals surface area (Å²) in [6.45, 7) is 3.76. The molecule has 1 rings (SSSR count). The lowest BCUT2D eigenvalue weighted by Crippen LogP contribution is -1.88. The zero-order valence-electron chi connectivity index (χ0n) is 8.46. The number of ketones is 1. The molecular weight excluding hydrogens is 291 g/mol. The van der Waals surface area contributed by atoms with Crippen molar-refractivity contribution in [3.05, 3.63) is 27.8 Å². The number of Topliss-reactive ketones (excluding diaryl/α,β-unsaturated/α-hetero) is 1. The predicted molar refractivity (Wildman–Crippen MR) is 66.4 cm³/mol. The Bertz CT molecular complexity index is 257. The Hall–Kier alpha value is -0.580. The number of hydrogen-bond donors (Lipinski definition) is 1. The number of phenols is 1. The highest BCUT2D eigenvalue weighted by Gasteiger charge is 1.89. The third kappa shape index (κ3) is 5.96. The van der Waals surface area contributed by atoms with Crippen molar-refractivity contribution in [2.24, 2.45) is 0 Å². The molecule has 0 saturated carbocycles.